The van der Waals surface area contributed by atoms with Crippen LogP contribution >= 0.6 is 24.0 Å². The minimum absolute atomic E-state index is 0. The fourth-order valence-electron chi connectivity index (χ4n) is 3.56. The number of carbonyl (C=O) groups excluding carboxylic acids is 1. The molecule has 0 bridgehead atoms. The van der Waals surface area contributed by atoms with Crippen LogP contribution in [0.3, 0.4) is 0 Å². The Balaban J connectivity index is 0.00000256. The molecule has 4 rings (SSSR count). The Morgan fingerprint density at radius 2 is 2.07 bits per heavy atom. The first kappa shape index (κ1) is 22.0. The van der Waals surface area contributed by atoms with Crippen LogP contribution in [0.1, 0.15) is 12.5 Å². The lowest BCUT2D eigenvalue weighted by molar-refractivity contribution is -0.120. The summed E-state index contributed by atoms with van der Waals surface area (Å²) in [5.41, 5.74) is 2.87. The van der Waals surface area contributed by atoms with Gasteiger partial charge >= 0.3 is 0 Å². The molecule has 0 unspecified atom stereocenters. The lowest BCUT2D eigenvalue weighted by Crippen LogP contribution is -2.55. The van der Waals surface area contributed by atoms with Gasteiger partial charge in [0.05, 0.1) is 23.9 Å². The van der Waals surface area contributed by atoms with E-state index in [9.17, 15) is 4.79 Å². The van der Waals surface area contributed by atoms with Crippen molar-refractivity contribution in [1.29, 1.82) is 0 Å². The Labute approximate surface area is 193 Å². The Hall–Kier alpha value is -2.69. The zero-order chi connectivity index (χ0) is 20.2. The quantitative estimate of drug-likeness (QED) is 0.326. The van der Waals surface area contributed by atoms with Gasteiger partial charge < -0.3 is 15.1 Å². The fraction of sp³-hybridized carbons (Fsp3) is 0.333. The smallest absolute Gasteiger partial charge is 0.246 e. The van der Waals surface area contributed by atoms with Crippen molar-refractivity contribution >= 4 is 52.4 Å². The molecule has 1 aliphatic heterocycles. The number of anilines is 1. The van der Waals surface area contributed by atoms with Crippen molar-refractivity contribution < 1.29 is 4.79 Å². The summed E-state index contributed by atoms with van der Waals surface area (Å²) in [5, 5.41) is 8.59. The molecule has 0 atom stereocenters. The van der Waals surface area contributed by atoms with E-state index in [1.807, 2.05) is 43.3 Å². The van der Waals surface area contributed by atoms with E-state index in [1.54, 1.807) is 22.0 Å². The number of hydrogen-bond acceptors (Lipinski definition) is 4. The number of hydrogen-bond donors (Lipinski definition) is 1. The summed E-state index contributed by atoms with van der Waals surface area (Å²) < 4.78 is 1.71. The molecule has 1 aromatic carbocycles. The molecule has 9 heteroatoms. The number of halogens is 1. The maximum absolute atomic E-state index is 12.7. The largest absolute Gasteiger partial charge is 0.356 e. The molecular formula is C21H26IN7O. The number of nitrogens with zero attached hydrogens (tertiary/aromatic N) is 6. The summed E-state index contributed by atoms with van der Waals surface area (Å²) in [6.07, 6.45) is 5.39. The normalized spacial score (nSPS) is 14.7. The van der Waals surface area contributed by atoms with Gasteiger partial charge in [-0.1, -0.05) is 24.3 Å². The standard InChI is InChI=1S/C21H25N7O.HI/c1-3-22-21(24-12-17-7-4-6-16-8-5-9-23-20(16)17)27-10-11-28(19(29)15-27)18-13-25-26(2)14-18;/h4-9,13-14H,3,10-12,15H2,1-2H3,(H,22,24);1H. The molecule has 2 aromatic heterocycles. The van der Waals surface area contributed by atoms with Crippen molar-refractivity contribution in [3.63, 3.8) is 0 Å². The van der Waals surface area contributed by atoms with Crippen LogP contribution in [0, 0.1) is 0 Å². The summed E-state index contributed by atoms with van der Waals surface area (Å²) in [4.78, 5) is 25.8. The van der Waals surface area contributed by atoms with Crippen molar-refractivity contribution in [3.8, 4) is 0 Å². The molecule has 1 fully saturated rings. The van der Waals surface area contributed by atoms with E-state index in [-0.39, 0.29) is 36.4 Å². The van der Waals surface area contributed by atoms with Crippen LogP contribution in [-0.2, 0) is 18.4 Å². The average Bonchev–Trinajstić information content (AvgIpc) is 3.17. The van der Waals surface area contributed by atoms with Gasteiger partial charge in [0.15, 0.2) is 5.96 Å². The highest BCUT2D eigenvalue weighted by Gasteiger charge is 2.27. The second-order valence-corrected chi connectivity index (χ2v) is 7.00. The minimum Gasteiger partial charge on any atom is -0.356 e. The van der Waals surface area contributed by atoms with Crippen molar-refractivity contribution in [2.24, 2.45) is 12.0 Å². The highest BCUT2D eigenvalue weighted by atomic mass is 127. The second-order valence-electron chi connectivity index (χ2n) is 7.00. The monoisotopic (exact) mass is 519 g/mol. The van der Waals surface area contributed by atoms with Gasteiger partial charge in [0.2, 0.25) is 5.91 Å². The van der Waals surface area contributed by atoms with Crippen molar-refractivity contribution in [2.45, 2.75) is 13.5 Å². The van der Waals surface area contributed by atoms with E-state index in [1.165, 1.54) is 0 Å². The fourth-order valence-corrected chi connectivity index (χ4v) is 3.56. The third-order valence-corrected chi connectivity index (χ3v) is 4.97. The molecule has 8 nitrogen and oxygen atoms in total. The van der Waals surface area contributed by atoms with Crippen LogP contribution in [0.5, 0.6) is 0 Å². The first-order chi connectivity index (χ1) is 14.2. The molecule has 1 aliphatic rings. The molecule has 1 saturated heterocycles. The Kier molecular flexibility index (Phi) is 7.24. The number of guanidine groups is 1. The lowest BCUT2D eigenvalue weighted by atomic mass is 10.1. The first-order valence-electron chi connectivity index (χ1n) is 9.80. The number of aliphatic imine (C=N–C) groups is 1. The van der Waals surface area contributed by atoms with Gasteiger partial charge in [0.1, 0.15) is 6.54 Å². The van der Waals surface area contributed by atoms with Crippen LogP contribution in [0.2, 0.25) is 0 Å². The average molecular weight is 519 g/mol. The van der Waals surface area contributed by atoms with E-state index in [0.717, 1.165) is 34.7 Å². The lowest BCUT2D eigenvalue weighted by Gasteiger charge is -2.35. The van der Waals surface area contributed by atoms with E-state index in [0.29, 0.717) is 19.6 Å². The molecule has 0 saturated carbocycles. The first-order valence-corrected chi connectivity index (χ1v) is 9.80. The number of rotatable bonds is 4. The summed E-state index contributed by atoms with van der Waals surface area (Å²) in [6, 6.07) is 10.1. The molecule has 1 N–H and O–H groups in total. The topological polar surface area (TPSA) is 78.7 Å². The van der Waals surface area contributed by atoms with Crippen molar-refractivity contribution in [1.82, 2.24) is 25.0 Å². The van der Waals surface area contributed by atoms with E-state index >= 15 is 0 Å². The number of amides is 1. The van der Waals surface area contributed by atoms with Gasteiger partial charge in [-0.15, -0.1) is 24.0 Å². The van der Waals surface area contributed by atoms with Crippen LogP contribution in [-0.4, -0.2) is 57.7 Å². The van der Waals surface area contributed by atoms with Gasteiger partial charge in [-0.2, -0.15) is 5.10 Å². The number of carbonyl (C=O) groups is 1. The predicted octanol–water partition coefficient (Wildman–Crippen LogP) is 2.40. The van der Waals surface area contributed by atoms with Gasteiger partial charge in [-0.3, -0.25) is 14.5 Å². The number of aryl methyl sites for hydroxylation is 1. The van der Waals surface area contributed by atoms with Gasteiger partial charge in [-0.25, -0.2) is 4.99 Å². The number of para-hydroxylation sites is 1. The van der Waals surface area contributed by atoms with E-state index < -0.39 is 0 Å². The Bertz CT molecular complexity index is 1040. The summed E-state index contributed by atoms with van der Waals surface area (Å²) in [5.74, 6) is 0.793. The number of aromatic nitrogens is 3. The van der Waals surface area contributed by atoms with Crippen molar-refractivity contribution in [3.05, 3.63) is 54.5 Å². The molecule has 158 valence electrons. The molecule has 0 spiro atoms. The van der Waals surface area contributed by atoms with Gasteiger partial charge in [0, 0.05) is 44.5 Å². The molecule has 0 radical (unpaired) electrons. The maximum Gasteiger partial charge on any atom is 0.246 e. The molecule has 3 aromatic rings. The van der Waals surface area contributed by atoms with Gasteiger partial charge in [0.25, 0.3) is 0 Å². The third-order valence-electron chi connectivity index (χ3n) is 4.97. The second kappa shape index (κ2) is 9.88. The van der Waals surface area contributed by atoms with E-state index in [2.05, 4.69) is 27.5 Å². The highest BCUT2D eigenvalue weighted by molar-refractivity contribution is 14.0. The van der Waals surface area contributed by atoms with Crippen LogP contribution < -0.4 is 10.2 Å². The summed E-state index contributed by atoms with van der Waals surface area (Å²) in [6.45, 7) is 4.87. The Morgan fingerprint density at radius 1 is 1.23 bits per heavy atom. The number of pyridine rings is 1. The van der Waals surface area contributed by atoms with Crippen LogP contribution in [0.4, 0.5) is 5.69 Å². The molecule has 1 amide bonds. The van der Waals surface area contributed by atoms with Gasteiger partial charge in [-0.05, 0) is 18.6 Å². The zero-order valence-corrected chi connectivity index (χ0v) is 19.5. The Morgan fingerprint density at radius 3 is 2.80 bits per heavy atom. The number of benzene rings is 1. The minimum atomic E-state index is 0. The van der Waals surface area contributed by atoms with Crippen molar-refractivity contribution in [2.75, 3.05) is 31.1 Å². The zero-order valence-electron chi connectivity index (χ0n) is 17.2. The highest BCUT2D eigenvalue weighted by Crippen LogP contribution is 2.18. The van der Waals surface area contributed by atoms with Crippen LogP contribution in [0.25, 0.3) is 10.9 Å². The maximum atomic E-state index is 12.7. The SMILES string of the molecule is CCNC(=NCc1cccc2cccnc12)N1CCN(c2cnn(C)c2)C(=O)C1.I. The third kappa shape index (κ3) is 4.72. The number of nitrogens with one attached hydrogen (secondary N) is 1. The molecule has 0 aliphatic carbocycles. The molecule has 30 heavy (non-hydrogen) atoms. The van der Waals surface area contributed by atoms with Crippen LogP contribution in [0.15, 0.2) is 53.9 Å². The predicted molar refractivity (Wildman–Crippen MR) is 129 cm³/mol. The molecular weight excluding hydrogens is 493 g/mol. The van der Waals surface area contributed by atoms with E-state index in [4.69, 9.17) is 4.99 Å². The summed E-state index contributed by atoms with van der Waals surface area (Å²) >= 11 is 0. The molecule has 3 heterocycles. The summed E-state index contributed by atoms with van der Waals surface area (Å²) in [7, 11) is 1.85. The number of piperazine rings is 1. The number of fused-ring (bicyclic) bond motifs is 1.